The van der Waals surface area contributed by atoms with Crippen LogP contribution in [0.3, 0.4) is 0 Å². The Morgan fingerprint density at radius 2 is 1.95 bits per heavy atom. The van der Waals surface area contributed by atoms with Crippen LogP contribution in [-0.4, -0.2) is 26.6 Å². The van der Waals surface area contributed by atoms with E-state index < -0.39 is 21.8 Å². The van der Waals surface area contributed by atoms with Crippen LogP contribution in [0.25, 0.3) is 0 Å². The summed E-state index contributed by atoms with van der Waals surface area (Å²) < 4.78 is 38.2. The van der Waals surface area contributed by atoms with Gasteiger partial charge < -0.3 is 5.73 Å². The molecular formula is C13H19FN2O3S. The number of nitrogens with two attached hydrogens (primary N) is 1. The summed E-state index contributed by atoms with van der Waals surface area (Å²) in [5.74, 6) is -1.61. The molecule has 112 valence electrons. The second-order valence-corrected chi connectivity index (χ2v) is 6.52. The van der Waals surface area contributed by atoms with Crippen LogP contribution in [-0.2, 0) is 21.2 Å². The molecule has 0 saturated heterocycles. The molecule has 7 heteroatoms. The summed E-state index contributed by atoms with van der Waals surface area (Å²) in [7, 11) is -3.38. The molecule has 0 aliphatic heterocycles. The average molecular weight is 302 g/mol. The van der Waals surface area contributed by atoms with E-state index in [1.165, 1.54) is 12.1 Å². The highest BCUT2D eigenvalue weighted by Gasteiger charge is 2.19. The minimum atomic E-state index is -3.38. The first kappa shape index (κ1) is 16.6. The number of primary amides is 1. The summed E-state index contributed by atoms with van der Waals surface area (Å²) in [5, 5.41) is 0. The van der Waals surface area contributed by atoms with Crippen molar-refractivity contribution in [2.75, 3.05) is 12.3 Å². The van der Waals surface area contributed by atoms with Gasteiger partial charge in [-0.15, -0.1) is 0 Å². The Bertz CT molecular complexity index is 543. The lowest BCUT2D eigenvalue weighted by Gasteiger charge is -2.14. The Morgan fingerprint density at radius 1 is 1.35 bits per heavy atom. The van der Waals surface area contributed by atoms with E-state index in [2.05, 4.69) is 4.72 Å². The first-order valence-electron chi connectivity index (χ1n) is 6.35. The van der Waals surface area contributed by atoms with Crippen molar-refractivity contribution in [2.45, 2.75) is 19.8 Å². The molecule has 1 aromatic carbocycles. The molecule has 1 aromatic rings. The highest BCUT2D eigenvalue weighted by Crippen LogP contribution is 2.10. The van der Waals surface area contributed by atoms with Crippen LogP contribution in [0, 0.1) is 11.7 Å². The fraction of sp³-hybridized carbons (Fsp3) is 0.462. The molecule has 1 atom stereocenters. The van der Waals surface area contributed by atoms with Crippen molar-refractivity contribution in [3.8, 4) is 0 Å². The van der Waals surface area contributed by atoms with E-state index >= 15 is 0 Å². The van der Waals surface area contributed by atoms with Gasteiger partial charge in [-0.3, -0.25) is 4.79 Å². The van der Waals surface area contributed by atoms with Gasteiger partial charge in [0.1, 0.15) is 5.82 Å². The Kier molecular flexibility index (Phi) is 6.09. The van der Waals surface area contributed by atoms with E-state index in [-0.39, 0.29) is 24.5 Å². The van der Waals surface area contributed by atoms with Gasteiger partial charge in [0.15, 0.2) is 0 Å². The molecule has 1 rings (SSSR count). The van der Waals surface area contributed by atoms with Gasteiger partial charge in [-0.25, -0.2) is 17.5 Å². The van der Waals surface area contributed by atoms with Crippen LogP contribution in [0.15, 0.2) is 24.3 Å². The SMILES string of the molecule is CCCS(=O)(=O)NC[C@@H](Cc1ccc(F)cc1)C(N)=O. The number of carbonyl (C=O) groups is 1. The first-order chi connectivity index (χ1) is 9.34. The number of sulfonamides is 1. The lowest BCUT2D eigenvalue weighted by Crippen LogP contribution is -2.38. The van der Waals surface area contributed by atoms with Crippen molar-refractivity contribution in [3.05, 3.63) is 35.6 Å². The zero-order valence-electron chi connectivity index (χ0n) is 11.3. The number of rotatable bonds is 8. The van der Waals surface area contributed by atoms with E-state index in [1.807, 2.05) is 0 Å². The highest BCUT2D eigenvalue weighted by atomic mass is 32.2. The highest BCUT2D eigenvalue weighted by molar-refractivity contribution is 7.89. The summed E-state index contributed by atoms with van der Waals surface area (Å²) in [5.41, 5.74) is 6.00. The van der Waals surface area contributed by atoms with E-state index in [0.29, 0.717) is 6.42 Å². The zero-order chi connectivity index (χ0) is 15.2. The van der Waals surface area contributed by atoms with E-state index in [1.54, 1.807) is 19.1 Å². The number of carbonyl (C=O) groups excluding carboxylic acids is 1. The minimum absolute atomic E-state index is 0.00896. The molecule has 0 saturated carbocycles. The van der Waals surface area contributed by atoms with Crippen molar-refractivity contribution in [1.82, 2.24) is 4.72 Å². The molecule has 20 heavy (non-hydrogen) atoms. The predicted octanol–water partition coefficient (Wildman–Crippen LogP) is 0.799. The molecule has 0 aromatic heterocycles. The van der Waals surface area contributed by atoms with Crippen LogP contribution >= 0.6 is 0 Å². The number of benzene rings is 1. The van der Waals surface area contributed by atoms with Crippen LogP contribution in [0.1, 0.15) is 18.9 Å². The standard InChI is InChI=1S/C13H19FN2O3S/c1-2-7-20(18,19)16-9-11(13(15)17)8-10-3-5-12(14)6-4-10/h3-6,11,16H,2,7-9H2,1H3,(H2,15,17)/t11-/m1/s1. The Labute approximate surface area is 118 Å². The van der Waals surface area contributed by atoms with Crippen molar-refractivity contribution in [3.63, 3.8) is 0 Å². The van der Waals surface area contributed by atoms with Gasteiger partial charge in [0.25, 0.3) is 0 Å². The molecule has 0 aliphatic rings. The summed E-state index contributed by atoms with van der Waals surface area (Å²) in [6.07, 6.45) is 0.763. The fourth-order valence-electron chi connectivity index (χ4n) is 1.75. The van der Waals surface area contributed by atoms with Crippen molar-refractivity contribution in [1.29, 1.82) is 0 Å². The van der Waals surface area contributed by atoms with Crippen LogP contribution in [0.5, 0.6) is 0 Å². The molecule has 0 heterocycles. The maximum atomic E-state index is 12.8. The smallest absolute Gasteiger partial charge is 0.222 e. The molecule has 0 bridgehead atoms. The Balaban J connectivity index is 2.66. The maximum absolute atomic E-state index is 12.8. The monoisotopic (exact) mass is 302 g/mol. The second kappa shape index (κ2) is 7.35. The normalized spacial score (nSPS) is 13.1. The van der Waals surface area contributed by atoms with Crippen molar-refractivity contribution >= 4 is 15.9 Å². The molecular weight excluding hydrogens is 283 g/mol. The third-order valence-electron chi connectivity index (χ3n) is 2.82. The average Bonchev–Trinajstić information content (AvgIpc) is 2.36. The van der Waals surface area contributed by atoms with Crippen LogP contribution in [0.2, 0.25) is 0 Å². The summed E-state index contributed by atoms with van der Waals surface area (Å²) in [4.78, 5) is 11.4. The van der Waals surface area contributed by atoms with Crippen molar-refractivity contribution < 1.29 is 17.6 Å². The van der Waals surface area contributed by atoms with E-state index in [0.717, 1.165) is 5.56 Å². The third-order valence-corrected chi connectivity index (χ3v) is 4.37. The van der Waals surface area contributed by atoms with Gasteiger partial charge >= 0.3 is 0 Å². The molecule has 1 amide bonds. The van der Waals surface area contributed by atoms with E-state index in [9.17, 15) is 17.6 Å². The quantitative estimate of drug-likeness (QED) is 0.744. The van der Waals surface area contributed by atoms with Gasteiger partial charge in [0.05, 0.1) is 11.7 Å². The number of hydrogen-bond donors (Lipinski definition) is 2. The summed E-state index contributed by atoms with van der Waals surface area (Å²) >= 11 is 0. The zero-order valence-corrected chi connectivity index (χ0v) is 12.1. The lowest BCUT2D eigenvalue weighted by molar-refractivity contribution is -0.121. The molecule has 0 unspecified atom stereocenters. The Morgan fingerprint density at radius 3 is 2.45 bits per heavy atom. The first-order valence-corrected chi connectivity index (χ1v) is 8.00. The van der Waals surface area contributed by atoms with Gasteiger partial charge in [0.2, 0.25) is 15.9 Å². The topological polar surface area (TPSA) is 89.3 Å². The number of halogens is 1. The van der Waals surface area contributed by atoms with Gasteiger partial charge in [0, 0.05) is 6.54 Å². The number of nitrogens with one attached hydrogen (secondary N) is 1. The third kappa shape index (κ3) is 5.66. The minimum Gasteiger partial charge on any atom is -0.369 e. The van der Waals surface area contributed by atoms with Gasteiger partial charge in [-0.05, 0) is 30.5 Å². The molecule has 5 nitrogen and oxygen atoms in total. The molecule has 0 aliphatic carbocycles. The van der Waals surface area contributed by atoms with Crippen LogP contribution in [0.4, 0.5) is 4.39 Å². The van der Waals surface area contributed by atoms with Crippen LogP contribution < -0.4 is 10.5 Å². The molecule has 0 radical (unpaired) electrons. The van der Waals surface area contributed by atoms with Gasteiger partial charge in [-0.1, -0.05) is 19.1 Å². The predicted molar refractivity (Wildman–Crippen MR) is 74.9 cm³/mol. The van der Waals surface area contributed by atoms with Crippen molar-refractivity contribution in [2.24, 2.45) is 11.7 Å². The fourth-order valence-corrected chi connectivity index (χ4v) is 2.88. The largest absolute Gasteiger partial charge is 0.369 e. The number of amides is 1. The summed E-state index contributed by atoms with van der Waals surface area (Å²) in [6, 6.07) is 5.67. The molecule has 0 spiro atoms. The lowest BCUT2D eigenvalue weighted by atomic mass is 9.99. The molecule has 3 N–H and O–H groups in total. The molecule has 0 fully saturated rings. The van der Waals surface area contributed by atoms with E-state index in [4.69, 9.17) is 5.73 Å². The Hall–Kier alpha value is -1.47. The van der Waals surface area contributed by atoms with Gasteiger partial charge in [-0.2, -0.15) is 0 Å². The second-order valence-electron chi connectivity index (χ2n) is 4.60. The summed E-state index contributed by atoms with van der Waals surface area (Å²) in [6.45, 7) is 1.71. The number of hydrogen-bond acceptors (Lipinski definition) is 3. The maximum Gasteiger partial charge on any atom is 0.222 e.